The van der Waals surface area contributed by atoms with Gasteiger partial charge in [0.2, 0.25) is 5.75 Å². The number of ether oxygens (including phenoxy) is 4. The molecule has 1 amide bonds. The van der Waals surface area contributed by atoms with Gasteiger partial charge in [0.05, 0.1) is 26.9 Å². The van der Waals surface area contributed by atoms with E-state index in [4.69, 9.17) is 24.0 Å². The lowest BCUT2D eigenvalue weighted by Crippen LogP contribution is -2.49. The highest BCUT2D eigenvalue weighted by molar-refractivity contribution is 5.98. The van der Waals surface area contributed by atoms with Crippen LogP contribution in [0.15, 0.2) is 42.6 Å². The zero-order chi connectivity index (χ0) is 23.2. The molecule has 5 rings (SSSR count). The molecule has 0 unspecified atom stereocenters. The predicted molar refractivity (Wildman–Crippen MR) is 122 cm³/mol. The van der Waals surface area contributed by atoms with Gasteiger partial charge < -0.3 is 23.8 Å². The number of benzene rings is 2. The minimum Gasteiger partial charge on any atom is -0.493 e. The summed E-state index contributed by atoms with van der Waals surface area (Å²) in [6, 6.07) is 11.4. The highest BCUT2D eigenvalue weighted by atomic mass is 16.5. The Hall–Kier alpha value is -3.68. The van der Waals surface area contributed by atoms with Gasteiger partial charge in [0, 0.05) is 50.3 Å². The standard InChI is InChI=1S/C25H27N3O5/c1-27-15-18-21(26-27)16-7-5-6-8-19(16)33-25(18)11-13-28(14-12-25)24(29)17-9-10-20(30-2)23(32-4)22(17)31-3/h5-10,15H,11-14H2,1-4H3. The quantitative estimate of drug-likeness (QED) is 0.606. The van der Waals surface area contributed by atoms with Crippen molar-refractivity contribution in [3.05, 3.63) is 53.7 Å². The molecule has 1 spiro atoms. The van der Waals surface area contributed by atoms with Crippen molar-refractivity contribution < 1.29 is 23.7 Å². The van der Waals surface area contributed by atoms with Crippen LogP contribution in [0.2, 0.25) is 0 Å². The Labute approximate surface area is 192 Å². The predicted octanol–water partition coefficient (Wildman–Crippen LogP) is 3.64. The summed E-state index contributed by atoms with van der Waals surface area (Å²) in [6.45, 7) is 1.10. The molecular formula is C25H27N3O5. The molecule has 172 valence electrons. The van der Waals surface area contributed by atoms with Crippen molar-refractivity contribution in [3.63, 3.8) is 0 Å². The number of para-hydroxylation sites is 1. The summed E-state index contributed by atoms with van der Waals surface area (Å²) < 4.78 is 24.8. The van der Waals surface area contributed by atoms with E-state index in [2.05, 4.69) is 0 Å². The number of aryl methyl sites for hydroxylation is 1. The molecule has 3 heterocycles. The number of carbonyl (C=O) groups is 1. The molecule has 2 aliphatic rings. The van der Waals surface area contributed by atoms with Crippen LogP contribution in [0.5, 0.6) is 23.0 Å². The molecule has 2 aromatic carbocycles. The zero-order valence-electron chi connectivity index (χ0n) is 19.3. The van der Waals surface area contributed by atoms with Crippen LogP contribution in [-0.2, 0) is 12.6 Å². The number of piperidine rings is 1. The monoisotopic (exact) mass is 449 g/mol. The smallest absolute Gasteiger partial charge is 0.257 e. The fraction of sp³-hybridized carbons (Fsp3) is 0.360. The largest absolute Gasteiger partial charge is 0.493 e. The molecule has 0 radical (unpaired) electrons. The summed E-state index contributed by atoms with van der Waals surface area (Å²) >= 11 is 0. The number of hydrogen-bond donors (Lipinski definition) is 0. The average molecular weight is 450 g/mol. The van der Waals surface area contributed by atoms with Crippen LogP contribution < -0.4 is 18.9 Å². The van der Waals surface area contributed by atoms with Gasteiger partial charge in [-0.15, -0.1) is 0 Å². The van der Waals surface area contributed by atoms with Crippen molar-refractivity contribution in [2.75, 3.05) is 34.4 Å². The lowest BCUT2D eigenvalue weighted by molar-refractivity contribution is -0.00175. The first-order chi connectivity index (χ1) is 16.0. The van der Waals surface area contributed by atoms with Gasteiger partial charge in [0.25, 0.3) is 5.91 Å². The molecule has 8 heteroatoms. The number of fused-ring (bicyclic) bond motifs is 4. The van der Waals surface area contributed by atoms with Crippen LogP contribution in [-0.4, -0.2) is 55.0 Å². The average Bonchev–Trinajstić information content (AvgIpc) is 3.26. The van der Waals surface area contributed by atoms with E-state index in [0.717, 1.165) is 22.6 Å². The minimum absolute atomic E-state index is 0.106. The highest BCUT2D eigenvalue weighted by Crippen LogP contribution is 2.49. The topological polar surface area (TPSA) is 75.0 Å². The molecular weight excluding hydrogens is 422 g/mol. The van der Waals surface area contributed by atoms with Crippen LogP contribution in [0.25, 0.3) is 11.3 Å². The van der Waals surface area contributed by atoms with Crippen LogP contribution >= 0.6 is 0 Å². The van der Waals surface area contributed by atoms with E-state index in [9.17, 15) is 4.79 Å². The van der Waals surface area contributed by atoms with E-state index >= 15 is 0 Å². The second kappa shape index (κ2) is 8.03. The second-order valence-electron chi connectivity index (χ2n) is 8.33. The number of hydrogen-bond acceptors (Lipinski definition) is 6. The molecule has 1 aromatic heterocycles. The van der Waals surface area contributed by atoms with Crippen LogP contribution in [0, 0.1) is 0 Å². The third-order valence-electron chi connectivity index (χ3n) is 6.56. The maximum atomic E-state index is 13.5. The summed E-state index contributed by atoms with van der Waals surface area (Å²) in [5.74, 6) is 2.03. The maximum absolute atomic E-state index is 13.5. The number of rotatable bonds is 4. The lowest BCUT2D eigenvalue weighted by Gasteiger charge is -2.44. The number of aromatic nitrogens is 2. The molecule has 2 aliphatic heterocycles. The summed E-state index contributed by atoms with van der Waals surface area (Å²) in [4.78, 5) is 15.3. The van der Waals surface area contributed by atoms with Gasteiger partial charge in [0.15, 0.2) is 11.5 Å². The van der Waals surface area contributed by atoms with Crippen molar-refractivity contribution >= 4 is 5.91 Å². The van der Waals surface area contributed by atoms with Gasteiger partial charge in [-0.1, -0.05) is 12.1 Å². The van der Waals surface area contributed by atoms with Gasteiger partial charge in [0.1, 0.15) is 17.0 Å². The van der Waals surface area contributed by atoms with Crippen LogP contribution in [0.1, 0.15) is 28.8 Å². The van der Waals surface area contributed by atoms with Gasteiger partial charge in [-0.25, -0.2) is 0 Å². The third-order valence-corrected chi connectivity index (χ3v) is 6.56. The van der Waals surface area contributed by atoms with Crippen molar-refractivity contribution in [3.8, 4) is 34.3 Å². The molecule has 0 N–H and O–H groups in total. The minimum atomic E-state index is -0.504. The van der Waals surface area contributed by atoms with E-state index in [1.54, 1.807) is 19.2 Å². The molecule has 33 heavy (non-hydrogen) atoms. The van der Waals surface area contributed by atoms with Gasteiger partial charge in [-0.3, -0.25) is 9.48 Å². The lowest BCUT2D eigenvalue weighted by atomic mass is 9.81. The number of methoxy groups -OCH3 is 3. The van der Waals surface area contributed by atoms with E-state index in [1.807, 2.05) is 47.1 Å². The van der Waals surface area contributed by atoms with Crippen molar-refractivity contribution in [1.29, 1.82) is 0 Å². The summed E-state index contributed by atoms with van der Waals surface area (Å²) in [6.07, 6.45) is 3.38. The number of amides is 1. The van der Waals surface area contributed by atoms with Crippen molar-refractivity contribution in [2.24, 2.45) is 7.05 Å². The van der Waals surface area contributed by atoms with Gasteiger partial charge in [-0.2, -0.15) is 5.10 Å². The fourth-order valence-corrected chi connectivity index (χ4v) is 4.92. The summed E-state index contributed by atoms with van der Waals surface area (Å²) in [5.41, 5.74) is 2.99. The fourth-order valence-electron chi connectivity index (χ4n) is 4.92. The Balaban J connectivity index is 1.43. The van der Waals surface area contributed by atoms with Crippen molar-refractivity contribution in [1.82, 2.24) is 14.7 Å². The molecule has 3 aromatic rings. The zero-order valence-corrected chi connectivity index (χ0v) is 19.3. The molecule has 8 nitrogen and oxygen atoms in total. The third kappa shape index (κ3) is 3.28. The Morgan fingerprint density at radius 2 is 1.73 bits per heavy atom. The van der Waals surface area contributed by atoms with Gasteiger partial charge >= 0.3 is 0 Å². The normalized spacial score (nSPS) is 15.9. The van der Waals surface area contributed by atoms with E-state index in [0.29, 0.717) is 48.7 Å². The molecule has 1 fully saturated rings. The SMILES string of the molecule is COc1ccc(C(=O)N2CCC3(CC2)Oc2ccccc2-c2nn(C)cc23)c(OC)c1OC. The first-order valence-electron chi connectivity index (χ1n) is 10.9. The first kappa shape index (κ1) is 21.2. The molecule has 0 aliphatic carbocycles. The van der Waals surface area contributed by atoms with E-state index < -0.39 is 5.60 Å². The van der Waals surface area contributed by atoms with E-state index in [-0.39, 0.29) is 5.91 Å². The number of likely N-dealkylation sites (tertiary alicyclic amines) is 1. The highest BCUT2D eigenvalue weighted by Gasteiger charge is 2.46. The Morgan fingerprint density at radius 3 is 2.42 bits per heavy atom. The molecule has 0 atom stereocenters. The van der Waals surface area contributed by atoms with E-state index in [1.165, 1.54) is 14.2 Å². The molecule has 1 saturated heterocycles. The number of nitrogens with zero attached hydrogens (tertiary/aromatic N) is 3. The van der Waals surface area contributed by atoms with Crippen LogP contribution in [0.3, 0.4) is 0 Å². The van der Waals surface area contributed by atoms with Crippen LogP contribution in [0.4, 0.5) is 0 Å². The first-order valence-corrected chi connectivity index (χ1v) is 10.9. The molecule has 0 saturated carbocycles. The maximum Gasteiger partial charge on any atom is 0.257 e. The number of carbonyl (C=O) groups excluding carboxylic acids is 1. The molecule has 0 bridgehead atoms. The Morgan fingerprint density at radius 1 is 1.00 bits per heavy atom. The summed E-state index contributed by atoms with van der Waals surface area (Å²) in [7, 11) is 6.54. The van der Waals surface area contributed by atoms with Gasteiger partial charge in [-0.05, 0) is 24.3 Å². The Bertz CT molecular complexity index is 1210. The second-order valence-corrected chi connectivity index (χ2v) is 8.33. The summed E-state index contributed by atoms with van der Waals surface area (Å²) in [5, 5.41) is 4.72. The van der Waals surface area contributed by atoms with Crippen molar-refractivity contribution in [2.45, 2.75) is 18.4 Å². The Kier molecular flexibility index (Phi) is 5.15.